The molecule has 3 rings (SSSR count). The van der Waals surface area contributed by atoms with Crippen LogP contribution in [0.15, 0.2) is 36.9 Å². The molecule has 2 heterocycles. The number of hydrogen-bond donors (Lipinski definition) is 1. The number of aromatic amines is 1. The quantitative estimate of drug-likeness (QED) is 0.668. The summed E-state index contributed by atoms with van der Waals surface area (Å²) in [4.78, 5) is 15.2. The van der Waals surface area contributed by atoms with Gasteiger partial charge < -0.3 is 9.72 Å². The highest BCUT2D eigenvalue weighted by Crippen LogP contribution is 2.11. The Hall–Kier alpha value is -2.87. The summed E-state index contributed by atoms with van der Waals surface area (Å²) in [6.07, 6.45) is 3.04. The molecule has 19 heavy (non-hydrogen) atoms. The minimum atomic E-state index is 0.619. The molecule has 0 aliphatic carbocycles. The first-order valence-electron chi connectivity index (χ1n) is 5.67. The number of fused-ring (bicyclic) bond motifs is 1. The van der Waals surface area contributed by atoms with Crippen molar-refractivity contribution in [3.63, 3.8) is 0 Å². The Bertz CT molecular complexity index is 765. The number of nitrogens with one attached hydrogen (secondary N) is 1. The fourth-order valence-electron chi connectivity index (χ4n) is 1.67. The maximum absolute atomic E-state index is 5.10. The first-order chi connectivity index (χ1) is 9.36. The van der Waals surface area contributed by atoms with E-state index in [-0.39, 0.29) is 0 Å². The number of H-pyrrole nitrogens is 1. The number of benzene rings is 1. The first kappa shape index (κ1) is 11.2. The number of imidazole rings is 1. The van der Waals surface area contributed by atoms with Gasteiger partial charge in [0.2, 0.25) is 0 Å². The molecule has 5 heteroatoms. The largest absolute Gasteiger partial charge is 0.497 e. The average Bonchev–Trinajstić information content (AvgIpc) is 2.94. The fraction of sp³-hybridized carbons (Fsp3) is 0.0714. The lowest BCUT2D eigenvalue weighted by Crippen LogP contribution is -1.87. The standard InChI is InChI=1S/C14H10N4O/c1-19-11-5-2-10(3-6-11)4-7-12-13-14(17-8-15-12)18-9-16-13/h2-3,5-6,8-9H,1H3,(H,15,16,17,18). The molecule has 0 fully saturated rings. The van der Waals surface area contributed by atoms with Crippen molar-refractivity contribution in [3.05, 3.63) is 48.2 Å². The second-order valence-corrected chi connectivity index (χ2v) is 3.80. The van der Waals surface area contributed by atoms with Gasteiger partial charge in [0.1, 0.15) is 23.3 Å². The summed E-state index contributed by atoms with van der Waals surface area (Å²) >= 11 is 0. The van der Waals surface area contributed by atoms with E-state index in [9.17, 15) is 0 Å². The van der Waals surface area contributed by atoms with Crippen LogP contribution >= 0.6 is 0 Å². The molecule has 0 unspecified atom stereocenters. The minimum absolute atomic E-state index is 0.619. The Morgan fingerprint density at radius 2 is 1.89 bits per heavy atom. The number of methoxy groups -OCH3 is 1. The Balaban J connectivity index is 1.96. The molecule has 0 saturated carbocycles. The molecular formula is C14H10N4O. The predicted molar refractivity (Wildman–Crippen MR) is 70.7 cm³/mol. The van der Waals surface area contributed by atoms with Gasteiger partial charge in [-0.25, -0.2) is 15.0 Å². The Morgan fingerprint density at radius 1 is 1.05 bits per heavy atom. The molecule has 0 aliphatic rings. The lowest BCUT2D eigenvalue weighted by atomic mass is 10.2. The average molecular weight is 250 g/mol. The van der Waals surface area contributed by atoms with Gasteiger partial charge in [0.25, 0.3) is 0 Å². The lowest BCUT2D eigenvalue weighted by molar-refractivity contribution is 0.415. The van der Waals surface area contributed by atoms with E-state index < -0.39 is 0 Å². The monoisotopic (exact) mass is 250 g/mol. The van der Waals surface area contributed by atoms with Gasteiger partial charge in [-0.3, -0.25) is 0 Å². The van der Waals surface area contributed by atoms with Gasteiger partial charge in [-0.2, -0.15) is 0 Å². The highest BCUT2D eigenvalue weighted by molar-refractivity contribution is 5.75. The van der Waals surface area contributed by atoms with Crippen molar-refractivity contribution in [3.8, 4) is 17.6 Å². The van der Waals surface area contributed by atoms with Crippen LogP contribution in [0.5, 0.6) is 5.75 Å². The predicted octanol–water partition coefficient (Wildman–Crippen LogP) is 1.76. The molecule has 3 aromatic rings. The molecule has 92 valence electrons. The van der Waals surface area contributed by atoms with Crippen LogP contribution < -0.4 is 4.74 Å². The van der Waals surface area contributed by atoms with Gasteiger partial charge in [0.05, 0.1) is 13.4 Å². The lowest BCUT2D eigenvalue weighted by Gasteiger charge is -1.97. The smallest absolute Gasteiger partial charge is 0.181 e. The third-order valence-electron chi connectivity index (χ3n) is 2.64. The number of aromatic nitrogens is 4. The van der Waals surface area contributed by atoms with Gasteiger partial charge in [-0.15, -0.1) is 0 Å². The second-order valence-electron chi connectivity index (χ2n) is 3.80. The number of ether oxygens (including phenoxy) is 1. The maximum atomic E-state index is 5.10. The van der Waals surface area contributed by atoms with Crippen molar-refractivity contribution in [2.45, 2.75) is 0 Å². The second kappa shape index (κ2) is 4.78. The summed E-state index contributed by atoms with van der Waals surface area (Å²) in [6, 6.07) is 7.54. The van der Waals surface area contributed by atoms with E-state index in [2.05, 4.69) is 31.8 Å². The zero-order valence-corrected chi connectivity index (χ0v) is 10.2. The molecule has 5 nitrogen and oxygen atoms in total. The van der Waals surface area contributed by atoms with Crippen molar-refractivity contribution in [2.75, 3.05) is 7.11 Å². The van der Waals surface area contributed by atoms with Crippen molar-refractivity contribution in [1.29, 1.82) is 0 Å². The van der Waals surface area contributed by atoms with E-state index in [0.29, 0.717) is 11.3 Å². The zero-order chi connectivity index (χ0) is 13.1. The van der Waals surface area contributed by atoms with E-state index in [4.69, 9.17) is 4.74 Å². The number of nitrogens with zero attached hydrogens (tertiary/aromatic N) is 3. The Morgan fingerprint density at radius 3 is 2.68 bits per heavy atom. The van der Waals surface area contributed by atoms with E-state index in [1.807, 2.05) is 24.3 Å². The highest BCUT2D eigenvalue weighted by Gasteiger charge is 2.02. The molecule has 0 atom stereocenters. The van der Waals surface area contributed by atoms with E-state index in [0.717, 1.165) is 16.8 Å². The molecule has 0 radical (unpaired) electrons. The van der Waals surface area contributed by atoms with Crippen molar-refractivity contribution >= 4 is 11.2 Å². The highest BCUT2D eigenvalue weighted by atomic mass is 16.5. The van der Waals surface area contributed by atoms with E-state index in [1.54, 1.807) is 13.4 Å². The molecule has 1 N–H and O–H groups in total. The molecule has 1 aromatic carbocycles. The van der Waals surface area contributed by atoms with Gasteiger partial charge in [0, 0.05) is 5.56 Å². The summed E-state index contributed by atoms with van der Waals surface area (Å²) in [6.45, 7) is 0. The van der Waals surface area contributed by atoms with Crippen LogP contribution in [-0.4, -0.2) is 27.0 Å². The third-order valence-corrected chi connectivity index (χ3v) is 2.64. The van der Waals surface area contributed by atoms with Crippen LogP contribution in [0.4, 0.5) is 0 Å². The van der Waals surface area contributed by atoms with E-state index in [1.165, 1.54) is 6.33 Å². The van der Waals surface area contributed by atoms with Crippen LogP contribution in [0.3, 0.4) is 0 Å². The van der Waals surface area contributed by atoms with Crippen molar-refractivity contribution < 1.29 is 4.74 Å². The van der Waals surface area contributed by atoms with Crippen LogP contribution in [0, 0.1) is 11.8 Å². The van der Waals surface area contributed by atoms with Gasteiger partial charge >= 0.3 is 0 Å². The van der Waals surface area contributed by atoms with E-state index >= 15 is 0 Å². The van der Waals surface area contributed by atoms with Crippen LogP contribution in [0.25, 0.3) is 11.2 Å². The topological polar surface area (TPSA) is 63.7 Å². The summed E-state index contributed by atoms with van der Waals surface area (Å²) in [5.41, 5.74) is 2.91. The normalized spacial score (nSPS) is 9.95. The molecule has 0 bridgehead atoms. The summed E-state index contributed by atoms with van der Waals surface area (Å²) in [7, 11) is 1.64. The van der Waals surface area contributed by atoms with Crippen LogP contribution in [0.1, 0.15) is 11.3 Å². The molecule has 2 aromatic heterocycles. The SMILES string of the molecule is COc1ccc(C#Cc2ncnc3nc[nH]c23)cc1. The zero-order valence-electron chi connectivity index (χ0n) is 10.2. The van der Waals surface area contributed by atoms with Gasteiger partial charge in [-0.1, -0.05) is 5.92 Å². The van der Waals surface area contributed by atoms with Gasteiger partial charge in [-0.05, 0) is 30.2 Å². The summed E-state index contributed by atoms with van der Waals surface area (Å²) in [5, 5.41) is 0. The number of rotatable bonds is 1. The van der Waals surface area contributed by atoms with Gasteiger partial charge in [0.15, 0.2) is 5.65 Å². The van der Waals surface area contributed by atoms with Crippen LogP contribution in [-0.2, 0) is 0 Å². The molecule has 0 saturated heterocycles. The third kappa shape index (κ3) is 2.24. The molecule has 0 spiro atoms. The molecule has 0 aliphatic heterocycles. The Labute approximate surface area is 109 Å². The number of hydrogen-bond acceptors (Lipinski definition) is 4. The van der Waals surface area contributed by atoms with Crippen molar-refractivity contribution in [2.24, 2.45) is 0 Å². The minimum Gasteiger partial charge on any atom is -0.497 e. The van der Waals surface area contributed by atoms with Crippen molar-refractivity contribution in [1.82, 2.24) is 19.9 Å². The summed E-state index contributed by atoms with van der Waals surface area (Å²) < 4.78 is 5.10. The molecule has 0 amide bonds. The molecular weight excluding hydrogens is 240 g/mol. The first-order valence-corrected chi connectivity index (χ1v) is 5.67. The fourth-order valence-corrected chi connectivity index (χ4v) is 1.67. The van der Waals surface area contributed by atoms with Crippen LogP contribution in [0.2, 0.25) is 0 Å². The maximum Gasteiger partial charge on any atom is 0.181 e. The Kier molecular flexibility index (Phi) is 2.83. The summed E-state index contributed by atoms with van der Waals surface area (Å²) in [5.74, 6) is 6.87.